The molecule has 0 unspecified atom stereocenters. The summed E-state index contributed by atoms with van der Waals surface area (Å²) < 4.78 is 24.4. The SMILES string of the molecule is COc1ccc(C2=NN(C(=O)CN(C)C(=O)C3CCCC3)[C@H](c3ccc(F)cc3)C2)c(OC)c1. The van der Waals surface area contributed by atoms with E-state index in [0.717, 1.165) is 36.8 Å². The number of rotatable bonds is 7. The van der Waals surface area contributed by atoms with E-state index in [1.165, 1.54) is 22.0 Å². The van der Waals surface area contributed by atoms with E-state index < -0.39 is 6.04 Å². The molecule has 0 bridgehead atoms. The normalized spacial score (nSPS) is 18.1. The number of hydrogen-bond acceptors (Lipinski definition) is 5. The minimum Gasteiger partial charge on any atom is -0.497 e. The minimum atomic E-state index is -0.412. The van der Waals surface area contributed by atoms with Gasteiger partial charge in [-0.15, -0.1) is 0 Å². The second kappa shape index (κ2) is 10.2. The maximum absolute atomic E-state index is 13.6. The third-order valence-corrected chi connectivity index (χ3v) is 6.59. The number of hydrogen-bond donors (Lipinski definition) is 0. The van der Waals surface area contributed by atoms with Gasteiger partial charge in [0.2, 0.25) is 5.91 Å². The number of nitrogens with zero attached hydrogens (tertiary/aromatic N) is 3. The predicted molar refractivity (Wildman–Crippen MR) is 126 cm³/mol. The Bertz CT molecular complexity index is 1080. The highest BCUT2D eigenvalue weighted by Gasteiger charge is 2.35. The summed E-state index contributed by atoms with van der Waals surface area (Å²) in [5.74, 6) is 0.592. The van der Waals surface area contributed by atoms with Gasteiger partial charge in [0.1, 0.15) is 23.9 Å². The van der Waals surface area contributed by atoms with Gasteiger partial charge in [0.25, 0.3) is 5.91 Å². The number of likely N-dealkylation sites (N-methyl/N-ethyl adjacent to an activating group) is 1. The first kappa shape index (κ1) is 23.7. The number of hydrazone groups is 1. The molecule has 2 amide bonds. The van der Waals surface area contributed by atoms with Crippen molar-refractivity contribution in [3.8, 4) is 11.5 Å². The molecule has 34 heavy (non-hydrogen) atoms. The molecule has 0 spiro atoms. The van der Waals surface area contributed by atoms with Crippen LogP contribution in [0.5, 0.6) is 11.5 Å². The number of halogens is 1. The standard InChI is InChI=1S/C26H30FN3O4/c1-29(26(32)18-6-4-5-7-18)16-25(31)30-23(17-8-10-19(27)11-9-17)15-22(28-30)21-13-12-20(33-2)14-24(21)34-3/h8-14,18,23H,4-7,15-16H2,1-3H3/t23-/m0/s1. The van der Waals surface area contributed by atoms with Crippen molar-refractivity contribution in [2.24, 2.45) is 11.0 Å². The van der Waals surface area contributed by atoms with E-state index in [0.29, 0.717) is 23.6 Å². The fourth-order valence-electron chi connectivity index (χ4n) is 4.72. The minimum absolute atomic E-state index is 0.00408. The predicted octanol–water partition coefficient (Wildman–Crippen LogP) is 4.17. The molecule has 4 rings (SSSR count). The van der Waals surface area contributed by atoms with Gasteiger partial charge in [-0.05, 0) is 42.7 Å². The summed E-state index contributed by atoms with van der Waals surface area (Å²) in [7, 11) is 4.81. The molecule has 0 aromatic heterocycles. The van der Waals surface area contributed by atoms with Gasteiger partial charge in [0, 0.05) is 31.0 Å². The molecule has 1 fully saturated rings. The monoisotopic (exact) mass is 467 g/mol. The van der Waals surface area contributed by atoms with Crippen LogP contribution in [0.3, 0.4) is 0 Å². The van der Waals surface area contributed by atoms with Gasteiger partial charge < -0.3 is 14.4 Å². The molecule has 2 aromatic carbocycles. The summed E-state index contributed by atoms with van der Waals surface area (Å²) in [6, 6.07) is 11.1. The first-order valence-electron chi connectivity index (χ1n) is 11.5. The lowest BCUT2D eigenvalue weighted by atomic mass is 9.97. The van der Waals surface area contributed by atoms with Gasteiger partial charge in [-0.1, -0.05) is 25.0 Å². The summed E-state index contributed by atoms with van der Waals surface area (Å²) >= 11 is 0. The fourth-order valence-corrected chi connectivity index (χ4v) is 4.72. The van der Waals surface area contributed by atoms with Gasteiger partial charge >= 0.3 is 0 Å². The number of methoxy groups -OCH3 is 2. The van der Waals surface area contributed by atoms with Crippen LogP contribution in [0, 0.1) is 11.7 Å². The molecule has 1 atom stereocenters. The smallest absolute Gasteiger partial charge is 0.262 e. The highest BCUT2D eigenvalue weighted by molar-refractivity contribution is 6.05. The van der Waals surface area contributed by atoms with Crippen LogP contribution in [0.1, 0.15) is 49.3 Å². The van der Waals surface area contributed by atoms with Crippen molar-refractivity contribution in [2.75, 3.05) is 27.8 Å². The zero-order valence-corrected chi connectivity index (χ0v) is 19.8. The van der Waals surface area contributed by atoms with Crippen LogP contribution in [-0.4, -0.2) is 55.2 Å². The Morgan fingerprint density at radius 1 is 1.09 bits per heavy atom. The zero-order valence-electron chi connectivity index (χ0n) is 19.8. The molecule has 1 aliphatic heterocycles. The lowest BCUT2D eigenvalue weighted by molar-refractivity contribution is -0.142. The van der Waals surface area contributed by atoms with Crippen LogP contribution in [-0.2, 0) is 9.59 Å². The molecule has 8 heteroatoms. The average molecular weight is 468 g/mol. The molecule has 2 aliphatic rings. The van der Waals surface area contributed by atoms with Crippen molar-refractivity contribution >= 4 is 17.5 Å². The van der Waals surface area contributed by atoms with Crippen LogP contribution >= 0.6 is 0 Å². The third-order valence-electron chi connectivity index (χ3n) is 6.59. The Labute approximate surface area is 199 Å². The van der Waals surface area contributed by atoms with Crippen LogP contribution in [0.15, 0.2) is 47.6 Å². The largest absolute Gasteiger partial charge is 0.497 e. The van der Waals surface area contributed by atoms with Crippen molar-refractivity contribution in [3.63, 3.8) is 0 Å². The Morgan fingerprint density at radius 2 is 1.79 bits per heavy atom. The quantitative estimate of drug-likeness (QED) is 0.613. The lowest BCUT2D eigenvalue weighted by Crippen LogP contribution is -2.41. The van der Waals surface area contributed by atoms with E-state index in [9.17, 15) is 14.0 Å². The second-order valence-corrected chi connectivity index (χ2v) is 8.80. The Morgan fingerprint density at radius 3 is 2.44 bits per heavy atom. The van der Waals surface area contributed by atoms with E-state index in [1.54, 1.807) is 39.5 Å². The summed E-state index contributed by atoms with van der Waals surface area (Å²) in [6.07, 6.45) is 4.28. The molecular formula is C26H30FN3O4. The average Bonchev–Trinajstić information content (AvgIpc) is 3.54. The highest BCUT2D eigenvalue weighted by Crippen LogP contribution is 2.36. The van der Waals surface area contributed by atoms with Crippen LogP contribution in [0.25, 0.3) is 0 Å². The van der Waals surface area contributed by atoms with E-state index in [4.69, 9.17) is 9.47 Å². The topological polar surface area (TPSA) is 71.4 Å². The number of amides is 2. The summed E-state index contributed by atoms with van der Waals surface area (Å²) in [5, 5.41) is 6.08. The van der Waals surface area contributed by atoms with Gasteiger partial charge in [-0.25, -0.2) is 9.40 Å². The summed E-state index contributed by atoms with van der Waals surface area (Å²) in [6.45, 7) is -0.0659. The molecule has 1 saturated carbocycles. The van der Waals surface area contributed by atoms with E-state index in [-0.39, 0.29) is 30.1 Å². The van der Waals surface area contributed by atoms with E-state index in [1.807, 2.05) is 12.1 Å². The van der Waals surface area contributed by atoms with Crippen molar-refractivity contribution in [2.45, 2.75) is 38.1 Å². The lowest BCUT2D eigenvalue weighted by Gasteiger charge is -2.26. The van der Waals surface area contributed by atoms with Crippen molar-refractivity contribution in [3.05, 3.63) is 59.4 Å². The first-order chi connectivity index (χ1) is 16.4. The molecule has 0 N–H and O–H groups in total. The third kappa shape index (κ3) is 4.90. The van der Waals surface area contributed by atoms with Gasteiger partial charge in [0.05, 0.1) is 26.0 Å². The van der Waals surface area contributed by atoms with Gasteiger partial charge in [0.15, 0.2) is 0 Å². The Hall–Kier alpha value is -3.42. The summed E-state index contributed by atoms with van der Waals surface area (Å²) in [4.78, 5) is 27.6. The molecule has 7 nitrogen and oxygen atoms in total. The summed E-state index contributed by atoms with van der Waals surface area (Å²) in [5.41, 5.74) is 2.19. The van der Waals surface area contributed by atoms with E-state index >= 15 is 0 Å². The maximum Gasteiger partial charge on any atom is 0.262 e. The molecule has 1 aliphatic carbocycles. The highest BCUT2D eigenvalue weighted by atomic mass is 19.1. The second-order valence-electron chi connectivity index (χ2n) is 8.80. The van der Waals surface area contributed by atoms with Crippen molar-refractivity contribution in [1.82, 2.24) is 9.91 Å². The van der Waals surface area contributed by atoms with Gasteiger partial charge in [-0.2, -0.15) is 5.10 Å². The molecule has 0 saturated heterocycles. The fraction of sp³-hybridized carbons (Fsp3) is 0.423. The molecule has 1 heterocycles. The molecular weight excluding hydrogens is 437 g/mol. The Balaban J connectivity index is 1.61. The van der Waals surface area contributed by atoms with Crippen LogP contribution < -0.4 is 9.47 Å². The van der Waals surface area contributed by atoms with E-state index in [2.05, 4.69) is 5.10 Å². The zero-order chi connectivity index (χ0) is 24.2. The number of benzene rings is 2. The van der Waals surface area contributed by atoms with Crippen LogP contribution in [0.4, 0.5) is 4.39 Å². The molecule has 0 radical (unpaired) electrons. The molecule has 2 aromatic rings. The Kier molecular flexibility index (Phi) is 7.14. The first-order valence-corrected chi connectivity index (χ1v) is 11.5. The molecule has 180 valence electrons. The van der Waals surface area contributed by atoms with Crippen molar-refractivity contribution < 1.29 is 23.5 Å². The maximum atomic E-state index is 13.6. The number of carbonyl (C=O) groups excluding carboxylic acids is 2. The number of ether oxygens (including phenoxy) is 2. The van der Waals surface area contributed by atoms with Crippen molar-refractivity contribution in [1.29, 1.82) is 0 Å². The van der Waals surface area contributed by atoms with Gasteiger partial charge in [-0.3, -0.25) is 9.59 Å². The van der Waals surface area contributed by atoms with Crippen LogP contribution in [0.2, 0.25) is 0 Å². The number of carbonyl (C=O) groups is 2.